The Bertz CT molecular complexity index is 339. The van der Waals surface area contributed by atoms with Gasteiger partial charge in [-0.05, 0) is 49.1 Å². The van der Waals surface area contributed by atoms with Crippen LogP contribution < -0.4 is 10.6 Å². The molecular weight excluding hydrogens is 274 g/mol. The second-order valence-corrected chi connectivity index (χ2v) is 4.42. The first-order chi connectivity index (χ1) is 7.58. The van der Waals surface area contributed by atoms with E-state index >= 15 is 0 Å². The Hall–Kier alpha value is -1.01. The van der Waals surface area contributed by atoms with E-state index in [2.05, 4.69) is 31.5 Å². The van der Waals surface area contributed by atoms with Crippen LogP contribution in [-0.4, -0.2) is 38.1 Å². The number of nitrogens with zero attached hydrogens (tertiary/aromatic N) is 1. The van der Waals surface area contributed by atoms with Gasteiger partial charge in [0, 0.05) is 12.6 Å². The topological polar surface area (TPSA) is 57.5 Å². The Balaban J connectivity index is 2.16. The van der Waals surface area contributed by atoms with Gasteiger partial charge in [-0.3, -0.25) is 5.32 Å². The minimum Gasteiger partial charge on any atom is -0.434 e. The fourth-order valence-corrected chi connectivity index (χ4v) is 1.44. The van der Waals surface area contributed by atoms with E-state index in [1.165, 1.54) is 0 Å². The van der Waals surface area contributed by atoms with Crippen LogP contribution >= 0.6 is 15.9 Å². The molecule has 2 N–H and O–H groups in total. The Morgan fingerprint density at radius 1 is 1.50 bits per heavy atom. The smallest absolute Gasteiger partial charge is 0.321 e. The molecule has 2 amide bonds. The maximum atomic E-state index is 11.4. The molecule has 6 heteroatoms. The molecule has 0 unspecified atom stereocenters. The fraction of sp³-hybridized carbons (Fsp3) is 0.500. The van der Waals surface area contributed by atoms with E-state index in [4.69, 9.17) is 4.42 Å². The monoisotopic (exact) mass is 289 g/mol. The van der Waals surface area contributed by atoms with E-state index < -0.39 is 0 Å². The van der Waals surface area contributed by atoms with Crippen molar-refractivity contribution in [1.29, 1.82) is 0 Å². The van der Waals surface area contributed by atoms with Gasteiger partial charge in [-0.2, -0.15) is 0 Å². The molecular formula is C10H16BrN3O2. The lowest BCUT2D eigenvalue weighted by atomic mass is 10.4. The van der Waals surface area contributed by atoms with Crippen molar-refractivity contribution >= 4 is 27.8 Å². The number of hydrogen-bond acceptors (Lipinski definition) is 3. The van der Waals surface area contributed by atoms with Crippen molar-refractivity contribution < 1.29 is 9.21 Å². The summed E-state index contributed by atoms with van der Waals surface area (Å²) in [5, 5.41) is 5.33. The molecule has 0 saturated carbocycles. The third-order valence-corrected chi connectivity index (χ3v) is 2.30. The van der Waals surface area contributed by atoms with Gasteiger partial charge >= 0.3 is 6.03 Å². The first kappa shape index (κ1) is 13.1. The summed E-state index contributed by atoms with van der Waals surface area (Å²) in [5.41, 5.74) is 0. The van der Waals surface area contributed by atoms with Crippen LogP contribution in [0.1, 0.15) is 6.42 Å². The molecule has 0 aromatic carbocycles. The first-order valence-electron chi connectivity index (χ1n) is 5.03. The van der Waals surface area contributed by atoms with Gasteiger partial charge in [-0.1, -0.05) is 0 Å². The van der Waals surface area contributed by atoms with Crippen molar-refractivity contribution in [2.45, 2.75) is 6.42 Å². The normalized spacial score (nSPS) is 10.5. The van der Waals surface area contributed by atoms with Crippen molar-refractivity contribution in [1.82, 2.24) is 10.2 Å². The number of anilines is 1. The van der Waals surface area contributed by atoms with Crippen molar-refractivity contribution in [3.63, 3.8) is 0 Å². The largest absolute Gasteiger partial charge is 0.434 e. The van der Waals surface area contributed by atoms with Gasteiger partial charge in [0.2, 0.25) is 5.88 Å². The van der Waals surface area contributed by atoms with Crippen molar-refractivity contribution in [3.05, 3.63) is 16.8 Å². The summed E-state index contributed by atoms with van der Waals surface area (Å²) in [7, 11) is 4.00. The SMILES string of the molecule is CN(C)CCCNC(=O)Nc1ccc(Br)o1. The maximum Gasteiger partial charge on any atom is 0.321 e. The molecule has 1 heterocycles. The van der Waals surface area contributed by atoms with E-state index in [1.807, 2.05) is 14.1 Å². The second kappa shape index (κ2) is 6.55. The highest BCUT2D eigenvalue weighted by Gasteiger charge is 2.04. The molecule has 0 spiro atoms. The molecule has 0 atom stereocenters. The molecule has 1 aromatic rings. The number of hydrogen-bond donors (Lipinski definition) is 2. The van der Waals surface area contributed by atoms with Gasteiger partial charge in [0.25, 0.3) is 0 Å². The van der Waals surface area contributed by atoms with Crippen LogP contribution in [-0.2, 0) is 0 Å². The van der Waals surface area contributed by atoms with Crippen LogP contribution in [0.4, 0.5) is 10.7 Å². The van der Waals surface area contributed by atoms with Crippen LogP contribution in [0.15, 0.2) is 21.2 Å². The molecule has 1 rings (SSSR count). The molecule has 0 aliphatic carbocycles. The summed E-state index contributed by atoms with van der Waals surface area (Å²) in [5.74, 6) is 0.428. The zero-order valence-electron chi connectivity index (χ0n) is 9.42. The van der Waals surface area contributed by atoms with Gasteiger partial charge in [-0.25, -0.2) is 4.79 Å². The van der Waals surface area contributed by atoms with Gasteiger partial charge in [0.15, 0.2) is 4.67 Å². The molecule has 0 aliphatic rings. The van der Waals surface area contributed by atoms with Crippen LogP contribution in [0.3, 0.4) is 0 Å². The summed E-state index contributed by atoms with van der Waals surface area (Å²) in [6, 6.07) is 3.16. The average molecular weight is 290 g/mol. The van der Waals surface area contributed by atoms with Gasteiger partial charge in [0.05, 0.1) is 0 Å². The predicted molar refractivity (Wildman–Crippen MR) is 66.6 cm³/mol. The van der Waals surface area contributed by atoms with Crippen LogP contribution in [0.2, 0.25) is 0 Å². The first-order valence-corrected chi connectivity index (χ1v) is 5.82. The predicted octanol–water partition coefficient (Wildman–Crippen LogP) is 2.12. The number of nitrogens with one attached hydrogen (secondary N) is 2. The van der Waals surface area contributed by atoms with E-state index in [1.54, 1.807) is 12.1 Å². The average Bonchev–Trinajstić information content (AvgIpc) is 2.58. The highest BCUT2D eigenvalue weighted by atomic mass is 79.9. The molecule has 5 nitrogen and oxygen atoms in total. The van der Waals surface area contributed by atoms with E-state index in [0.717, 1.165) is 13.0 Å². The van der Waals surface area contributed by atoms with E-state index in [-0.39, 0.29) is 6.03 Å². The lowest BCUT2D eigenvalue weighted by Gasteiger charge is -2.09. The molecule has 16 heavy (non-hydrogen) atoms. The third kappa shape index (κ3) is 5.18. The number of halogens is 1. The van der Waals surface area contributed by atoms with E-state index in [0.29, 0.717) is 17.1 Å². The number of amides is 2. The molecule has 0 bridgehead atoms. The molecule has 1 aromatic heterocycles. The summed E-state index contributed by atoms with van der Waals surface area (Å²) in [6.07, 6.45) is 0.919. The van der Waals surface area contributed by atoms with Crippen LogP contribution in [0.25, 0.3) is 0 Å². The quantitative estimate of drug-likeness (QED) is 0.817. The molecule has 90 valence electrons. The lowest BCUT2D eigenvalue weighted by molar-refractivity contribution is 0.251. The van der Waals surface area contributed by atoms with Gasteiger partial charge in [-0.15, -0.1) is 0 Å². The number of urea groups is 1. The van der Waals surface area contributed by atoms with Crippen molar-refractivity contribution in [2.75, 3.05) is 32.5 Å². The van der Waals surface area contributed by atoms with E-state index in [9.17, 15) is 4.79 Å². The van der Waals surface area contributed by atoms with Crippen molar-refractivity contribution in [2.24, 2.45) is 0 Å². The zero-order chi connectivity index (χ0) is 12.0. The number of carbonyl (C=O) groups is 1. The molecule has 0 radical (unpaired) electrons. The maximum absolute atomic E-state index is 11.4. The van der Waals surface area contributed by atoms with Crippen LogP contribution in [0, 0.1) is 0 Å². The highest BCUT2D eigenvalue weighted by molar-refractivity contribution is 9.10. The minimum absolute atomic E-state index is 0.249. The molecule has 0 fully saturated rings. The molecule has 0 saturated heterocycles. The fourth-order valence-electron chi connectivity index (χ4n) is 1.13. The number of furan rings is 1. The Kier molecular flexibility index (Phi) is 5.34. The Morgan fingerprint density at radius 3 is 2.81 bits per heavy atom. The van der Waals surface area contributed by atoms with Gasteiger partial charge < -0.3 is 14.6 Å². The third-order valence-electron chi connectivity index (χ3n) is 1.88. The van der Waals surface area contributed by atoms with Crippen LogP contribution in [0.5, 0.6) is 0 Å². The zero-order valence-corrected chi connectivity index (χ0v) is 11.0. The standard InChI is InChI=1S/C10H16BrN3O2/c1-14(2)7-3-6-12-10(15)13-9-5-4-8(11)16-9/h4-5H,3,6-7H2,1-2H3,(H2,12,13,15). The summed E-state index contributed by atoms with van der Waals surface area (Å²) < 4.78 is 5.73. The summed E-state index contributed by atoms with van der Waals surface area (Å²) >= 11 is 3.16. The minimum atomic E-state index is -0.249. The molecule has 0 aliphatic heterocycles. The summed E-state index contributed by atoms with van der Waals surface area (Å²) in [6.45, 7) is 1.60. The second-order valence-electron chi connectivity index (χ2n) is 3.64. The van der Waals surface area contributed by atoms with Gasteiger partial charge in [0.1, 0.15) is 0 Å². The Morgan fingerprint density at radius 2 is 2.25 bits per heavy atom. The number of carbonyl (C=O) groups excluding carboxylic acids is 1. The number of rotatable bonds is 5. The lowest BCUT2D eigenvalue weighted by Crippen LogP contribution is -2.30. The highest BCUT2D eigenvalue weighted by Crippen LogP contribution is 2.17. The van der Waals surface area contributed by atoms with Crippen molar-refractivity contribution in [3.8, 4) is 0 Å². The summed E-state index contributed by atoms with van der Waals surface area (Å²) in [4.78, 5) is 13.4. The Labute approximate surface area is 103 Å².